The fraction of sp³-hybridized carbons (Fsp3) is 0.353. The van der Waals surface area contributed by atoms with E-state index in [1.54, 1.807) is 49.6 Å². The minimum Gasteiger partial charge on any atom is -0.497 e. The molecule has 5 heteroatoms. The lowest BCUT2D eigenvalue weighted by molar-refractivity contribution is -0.123. The van der Waals surface area contributed by atoms with Crippen molar-refractivity contribution in [2.45, 2.75) is 31.9 Å². The number of ether oxygens (including phenoxy) is 1. The van der Waals surface area contributed by atoms with Gasteiger partial charge in [0, 0.05) is 0 Å². The Hall–Kier alpha value is -1.85. The molecule has 1 heterocycles. The lowest BCUT2D eigenvalue weighted by Crippen LogP contribution is -2.39. The molecule has 1 aromatic heterocycles. The summed E-state index contributed by atoms with van der Waals surface area (Å²) >= 11 is 1.57. The third kappa shape index (κ3) is 3.87. The molecule has 0 aliphatic rings. The van der Waals surface area contributed by atoms with Gasteiger partial charge in [-0.15, -0.1) is 0 Å². The number of hydrogen-bond acceptors (Lipinski definition) is 4. The van der Waals surface area contributed by atoms with E-state index in [1.807, 2.05) is 23.8 Å². The predicted octanol–water partition coefficient (Wildman–Crippen LogP) is 3.10. The van der Waals surface area contributed by atoms with Gasteiger partial charge in [-0.3, -0.25) is 4.79 Å². The van der Waals surface area contributed by atoms with Crippen molar-refractivity contribution >= 4 is 17.2 Å². The van der Waals surface area contributed by atoms with Gasteiger partial charge in [-0.1, -0.05) is 12.1 Å². The Labute approximate surface area is 134 Å². The highest BCUT2D eigenvalue weighted by atomic mass is 32.1. The van der Waals surface area contributed by atoms with Gasteiger partial charge in [0.2, 0.25) is 5.91 Å². The molecule has 22 heavy (non-hydrogen) atoms. The highest BCUT2D eigenvalue weighted by Crippen LogP contribution is 2.22. The van der Waals surface area contributed by atoms with Crippen molar-refractivity contribution in [3.63, 3.8) is 0 Å². The van der Waals surface area contributed by atoms with E-state index >= 15 is 0 Å². The van der Waals surface area contributed by atoms with Crippen LogP contribution in [0.4, 0.5) is 0 Å². The average Bonchev–Trinajstić information content (AvgIpc) is 3.07. The van der Waals surface area contributed by atoms with E-state index in [-0.39, 0.29) is 17.9 Å². The van der Waals surface area contributed by atoms with Gasteiger partial charge in [0.25, 0.3) is 0 Å². The van der Waals surface area contributed by atoms with Crippen LogP contribution in [0.3, 0.4) is 0 Å². The first kappa shape index (κ1) is 16.5. The van der Waals surface area contributed by atoms with E-state index in [0.29, 0.717) is 0 Å². The number of thiophene rings is 1. The summed E-state index contributed by atoms with van der Waals surface area (Å²) < 4.78 is 5.10. The normalized spacial score (nSPS) is 14.9. The Morgan fingerprint density at radius 1 is 1.18 bits per heavy atom. The van der Waals surface area contributed by atoms with Crippen molar-refractivity contribution in [1.29, 1.82) is 0 Å². The quantitative estimate of drug-likeness (QED) is 0.860. The second-order valence-electron chi connectivity index (χ2n) is 5.29. The van der Waals surface area contributed by atoms with Gasteiger partial charge in [-0.25, -0.2) is 0 Å². The SMILES string of the molecule is COc1ccc(C(O)C(C)NC(=O)C(C)c2ccsc2)cc1. The zero-order chi connectivity index (χ0) is 16.1. The van der Waals surface area contributed by atoms with E-state index in [1.165, 1.54) is 0 Å². The van der Waals surface area contributed by atoms with Crippen LogP contribution in [0.15, 0.2) is 41.1 Å². The van der Waals surface area contributed by atoms with E-state index < -0.39 is 6.10 Å². The molecule has 0 fully saturated rings. The van der Waals surface area contributed by atoms with Crippen LogP contribution in [0, 0.1) is 0 Å². The number of benzene rings is 1. The molecular formula is C17H21NO3S. The Bertz CT molecular complexity index is 595. The van der Waals surface area contributed by atoms with Gasteiger partial charge in [-0.2, -0.15) is 11.3 Å². The van der Waals surface area contributed by atoms with Crippen molar-refractivity contribution in [3.8, 4) is 5.75 Å². The number of aliphatic hydroxyl groups excluding tert-OH is 1. The number of rotatable bonds is 6. The van der Waals surface area contributed by atoms with Crippen LogP contribution in [0.2, 0.25) is 0 Å². The molecule has 4 nitrogen and oxygen atoms in total. The second kappa shape index (κ2) is 7.42. The molecular weight excluding hydrogens is 298 g/mol. The summed E-state index contributed by atoms with van der Waals surface area (Å²) in [6.45, 7) is 3.66. The van der Waals surface area contributed by atoms with Crippen LogP contribution in [0.5, 0.6) is 5.75 Å². The van der Waals surface area contributed by atoms with E-state index in [9.17, 15) is 9.90 Å². The largest absolute Gasteiger partial charge is 0.497 e. The minimum atomic E-state index is -0.760. The first-order valence-electron chi connectivity index (χ1n) is 7.17. The van der Waals surface area contributed by atoms with Crippen LogP contribution in [-0.2, 0) is 4.79 Å². The monoisotopic (exact) mass is 319 g/mol. The lowest BCUT2D eigenvalue weighted by atomic mass is 10.0. The molecule has 0 aliphatic heterocycles. The van der Waals surface area contributed by atoms with Crippen LogP contribution < -0.4 is 10.1 Å². The highest BCUT2D eigenvalue weighted by molar-refractivity contribution is 7.08. The molecule has 0 aliphatic carbocycles. The third-order valence-corrected chi connectivity index (χ3v) is 4.44. The number of methoxy groups -OCH3 is 1. The lowest BCUT2D eigenvalue weighted by Gasteiger charge is -2.22. The molecule has 2 aromatic rings. The van der Waals surface area contributed by atoms with Crippen LogP contribution >= 0.6 is 11.3 Å². The molecule has 1 amide bonds. The van der Waals surface area contributed by atoms with E-state index in [0.717, 1.165) is 16.9 Å². The van der Waals surface area contributed by atoms with Gasteiger partial charge >= 0.3 is 0 Å². The fourth-order valence-electron chi connectivity index (χ4n) is 2.19. The van der Waals surface area contributed by atoms with Gasteiger partial charge in [0.05, 0.1) is 25.2 Å². The summed E-state index contributed by atoms with van der Waals surface area (Å²) in [5, 5.41) is 17.2. The van der Waals surface area contributed by atoms with Gasteiger partial charge in [-0.05, 0) is 53.9 Å². The van der Waals surface area contributed by atoms with Gasteiger partial charge in [0.15, 0.2) is 0 Å². The number of hydrogen-bond donors (Lipinski definition) is 2. The molecule has 0 saturated carbocycles. The van der Waals surface area contributed by atoms with Crippen molar-refractivity contribution in [2.24, 2.45) is 0 Å². The molecule has 3 atom stereocenters. The Kier molecular flexibility index (Phi) is 5.57. The molecule has 1 aromatic carbocycles. The Balaban J connectivity index is 1.98. The van der Waals surface area contributed by atoms with Crippen LogP contribution in [0.1, 0.15) is 37.0 Å². The van der Waals surface area contributed by atoms with Gasteiger partial charge < -0.3 is 15.2 Å². The molecule has 118 valence electrons. The second-order valence-corrected chi connectivity index (χ2v) is 6.07. The fourth-order valence-corrected chi connectivity index (χ4v) is 2.94. The zero-order valence-corrected chi connectivity index (χ0v) is 13.8. The molecule has 2 N–H and O–H groups in total. The highest BCUT2D eigenvalue weighted by Gasteiger charge is 2.22. The summed E-state index contributed by atoms with van der Waals surface area (Å²) in [6, 6.07) is 8.76. The molecule has 2 rings (SSSR count). The van der Waals surface area contributed by atoms with Crippen LogP contribution in [0.25, 0.3) is 0 Å². The van der Waals surface area contributed by atoms with Crippen molar-refractivity contribution in [2.75, 3.05) is 7.11 Å². The summed E-state index contributed by atoms with van der Waals surface area (Å²) in [7, 11) is 1.60. The maximum atomic E-state index is 12.3. The molecule has 3 unspecified atom stereocenters. The topological polar surface area (TPSA) is 58.6 Å². The number of aliphatic hydroxyl groups is 1. The summed E-state index contributed by atoms with van der Waals surface area (Å²) in [5.41, 5.74) is 1.74. The van der Waals surface area contributed by atoms with Crippen LogP contribution in [-0.4, -0.2) is 24.2 Å². The number of amides is 1. The maximum Gasteiger partial charge on any atom is 0.227 e. The zero-order valence-electron chi connectivity index (χ0n) is 12.9. The third-order valence-electron chi connectivity index (χ3n) is 3.74. The maximum absolute atomic E-state index is 12.3. The predicted molar refractivity (Wildman–Crippen MR) is 88.3 cm³/mol. The standard InChI is InChI=1S/C17H21NO3S/c1-11(14-8-9-22-10-14)17(20)18-12(2)16(19)13-4-6-15(21-3)7-5-13/h4-12,16,19H,1-3H3,(H,18,20). The average molecular weight is 319 g/mol. The molecule has 0 bridgehead atoms. The van der Waals surface area contributed by atoms with E-state index in [4.69, 9.17) is 4.74 Å². The van der Waals surface area contributed by atoms with E-state index in [2.05, 4.69) is 5.32 Å². The van der Waals surface area contributed by atoms with Crippen molar-refractivity contribution in [1.82, 2.24) is 5.32 Å². The molecule has 0 saturated heterocycles. The first-order valence-corrected chi connectivity index (χ1v) is 8.11. The Morgan fingerprint density at radius 2 is 1.86 bits per heavy atom. The molecule has 0 spiro atoms. The first-order chi connectivity index (χ1) is 10.5. The number of carbonyl (C=O) groups is 1. The van der Waals surface area contributed by atoms with Crippen molar-refractivity contribution in [3.05, 3.63) is 52.2 Å². The number of carbonyl (C=O) groups excluding carboxylic acids is 1. The van der Waals surface area contributed by atoms with Gasteiger partial charge in [0.1, 0.15) is 5.75 Å². The minimum absolute atomic E-state index is 0.0848. The smallest absolute Gasteiger partial charge is 0.227 e. The molecule has 0 radical (unpaired) electrons. The summed E-state index contributed by atoms with van der Waals surface area (Å²) in [6.07, 6.45) is -0.760. The number of nitrogens with one attached hydrogen (secondary N) is 1. The summed E-state index contributed by atoms with van der Waals surface area (Å²) in [5.74, 6) is 0.425. The van der Waals surface area contributed by atoms with Crippen molar-refractivity contribution < 1.29 is 14.6 Å². The summed E-state index contributed by atoms with van der Waals surface area (Å²) in [4.78, 5) is 12.3. The Morgan fingerprint density at radius 3 is 2.41 bits per heavy atom.